The van der Waals surface area contributed by atoms with Crippen LogP contribution in [-0.2, 0) is 19.1 Å². The lowest BCUT2D eigenvalue weighted by atomic mass is 10.0. The zero-order chi connectivity index (χ0) is 35.0. The van der Waals surface area contributed by atoms with E-state index in [1.807, 2.05) is 6.08 Å². The Hall–Kier alpha value is -2.40. The maximum absolute atomic E-state index is 12.2. The summed E-state index contributed by atoms with van der Waals surface area (Å²) in [5.41, 5.74) is 0. The van der Waals surface area contributed by atoms with Crippen molar-refractivity contribution in [2.75, 3.05) is 13.2 Å². The van der Waals surface area contributed by atoms with Gasteiger partial charge in [0.25, 0.3) is 0 Å². The van der Waals surface area contributed by atoms with Gasteiger partial charge in [-0.1, -0.05) is 164 Å². The Labute approximate surface area is 296 Å². The number of carbonyl (C=O) groups excluding carboxylic acids is 2. The average Bonchev–Trinajstić information content (AvgIpc) is 3.09. The minimum Gasteiger partial charge on any atom is -0.462 e. The maximum Gasteiger partial charge on any atom is 0.306 e. The minimum absolute atomic E-state index is 0.0987. The predicted octanol–water partition coefficient (Wildman–Crippen LogP) is 12.4. The summed E-state index contributed by atoms with van der Waals surface area (Å²) in [6.45, 7) is 3.96. The van der Waals surface area contributed by atoms with Crippen LogP contribution in [0, 0.1) is 0 Å². The van der Waals surface area contributed by atoms with E-state index in [1.165, 1.54) is 96.3 Å². The smallest absolute Gasteiger partial charge is 0.306 e. The highest BCUT2D eigenvalue weighted by molar-refractivity contribution is 5.70. The van der Waals surface area contributed by atoms with Crippen LogP contribution in [0.5, 0.6) is 0 Å². The SMILES string of the molecule is CC/C=C/C/C=C/C/C=C/CCCCCCCCCCCCCC(=O)OC(CO)COC(=O)CC/C=C/C/C=C/CCCCCCCC. The van der Waals surface area contributed by atoms with Crippen molar-refractivity contribution in [2.45, 2.75) is 187 Å². The van der Waals surface area contributed by atoms with E-state index < -0.39 is 6.10 Å². The van der Waals surface area contributed by atoms with Gasteiger partial charge in [-0.2, -0.15) is 0 Å². The van der Waals surface area contributed by atoms with Crippen LogP contribution in [0.2, 0.25) is 0 Å². The molecule has 48 heavy (non-hydrogen) atoms. The Kier molecular flexibility index (Phi) is 37.1. The fraction of sp³-hybridized carbons (Fsp3) is 0.721. The summed E-state index contributed by atoms with van der Waals surface area (Å²) in [4.78, 5) is 24.2. The van der Waals surface area contributed by atoms with Crippen LogP contribution >= 0.6 is 0 Å². The summed E-state index contributed by atoms with van der Waals surface area (Å²) < 4.78 is 10.5. The van der Waals surface area contributed by atoms with Gasteiger partial charge in [0.2, 0.25) is 0 Å². The molecule has 0 fully saturated rings. The quantitative estimate of drug-likeness (QED) is 0.0413. The first-order valence-corrected chi connectivity index (χ1v) is 19.8. The molecule has 0 spiro atoms. The molecule has 276 valence electrons. The predicted molar refractivity (Wildman–Crippen MR) is 205 cm³/mol. The summed E-state index contributed by atoms with van der Waals surface area (Å²) in [6.07, 6.45) is 50.1. The van der Waals surface area contributed by atoms with Gasteiger partial charge in [0.05, 0.1) is 6.61 Å². The van der Waals surface area contributed by atoms with E-state index in [9.17, 15) is 14.7 Å². The molecule has 0 saturated carbocycles. The molecular weight excluding hydrogens is 596 g/mol. The number of allylic oxidation sites excluding steroid dienone is 10. The van der Waals surface area contributed by atoms with Gasteiger partial charge in [-0.15, -0.1) is 0 Å². The molecule has 0 radical (unpaired) electrons. The van der Waals surface area contributed by atoms with Crippen LogP contribution in [0.15, 0.2) is 60.8 Å². The van der Waals surface area contributed by atoms with Crippen molar-refractivity contribution in [1.29, 1.82) is 0 Å². The van der Waals surface area contributed by atoms with E-state index >= 15 is 0 Å². The highest BCUT2D eigenvalue weighted by Gasteiger charge is 2.15. The third kappa shape index (κ3) is 36.4. The summed E-state index contributed by atoms with van der Waals surface area (Å²) >= 11 is 0. The van der Waals surface area contributed by atoms with Crippen molar-refractivity contribution in [2.24, 2.45) is 0 Å². The lowest BCUT2D eigenvalue weighted by Gasteiger charge is -2.15. The Morgan fingerprint density at radius 2 is 0.938 bits per heavy atom. The first kappa shape index (κ1) is 45.6. The summed E-state index contributed by atoms with van der Waals surface area (Å²) in [5, 5.41) is 9.54. The molecule has 0 aliphatic rings. The van der Waals surface area contributed by atoms with Gasteiger partial charge in [0, 0.05) is 12.8 Å². The Bertz CT molecular complexity index is 853. The van der Waals surface area contributed by atoms with Crippen molar-refractivity contribution >= 4 is 11.9 Å². The van der Waals surface area contributed by atoms with E-state index in [0.29, 0.717) is 12.8 Å². The molecule has 1 atom stereocenters. The maximum atomic E-state index is 12.2. The van der Waals surface area contributed by atoms with Crippen LogP contribution in [-0.4, -0.2) is 36.4 Å². The number of rotatable bonds is 35. The molecule has 0 aliphatic heterocycles. The molecule has 0 bridgehead atoms. The number of ether oxygens (including phenoxy) is 2. The topological polar surface area (TPSA) is 72.8 Å². The normalized spacial score (nSPS) is 12.8. The molecule has 0 aromatic rings. The van der Waals surface area contributed by atoms with Gasteiger partial charge in [-0.25, -0.2) is 0 Å². The monoisotopic (exact) mass is 671 g/mol. The van der Waals surface area contributed by atoms with Crippen LogP contribution in [0.25, 0.3) is 0 Å². The standard InChI is InChI=1S/C43H74O5/c1-3-5-7-9-11-13-15-17-18-19-20-21-22-23-24-26-28-30-32-34-36-38-43(46)48-41(39-44)40-47-42(45)37-35-33-31-29-27-25-16-14-12-10-8-6-4-2/h5,7,11,13,17-18,25,27,31,33,41,44H,3-4,6,8-10,12,14-16,19-24,26,28-30,32,34-40H2,1-2H3/b7-5+,13-11+,18-17+,27-25+,33-31+. The molecule has 5 nitrogen and oxygen atoms in total. The lowest BCUT2D eigenvalue weighted by molar-refractivity contribution is -0.161. The molecule has 1 unspecified atom stereocenters. The van der Waals surface area contributed by atoms with Crippen molar-refractivity contribution in [1.82, 2.24) is 0 Å². The van der Waals surface area contributed by atoms with Gasteiger partial charge in [-0.3, -0.25) is 9.59 Å². The molecule has 1 N–H and O–H groups in total. The Morgan fingerprint density at radius 1 is 0.500 bits per heavy atom. The highest BCUT2D eigenvalue weighted by Crippen LogP contribution is 2.13. The second-order valence-corrected chi connectivity index (χ2v) is 13.0. The molecular formula is C43H74O5. The minimum atomic E-state index is -0.796. The van der Waals surface area contributed by atoms with E-state index in [4.69, 9.17) is 9.47 Å². The molecule has 5 heteroatoms. The molecule has 0 saturated heterocycles. The molecule has 0 aromatic carbocycles. The van der Waals surface area contributed by atoms with E-state index in [0.717, 1.165) is 51.4 Å². The molecule has 0 heterocycles. The van der Waals surface area contributed by atoms with Gasteiger partial charge < -0.3 is 14.6 Å². The molecule has 0 amide bonds. The van der Waals surface area contributed by atoms with Crippen molar-refractivity contribution in [3.05, 3.63) is 60.8 Å². The third-order valence-corrected chi connectivity index (χ3v) is 8.31. The zero-order valence-corrected chi connectivity index (χ0v) is 31.2. The number of aliphatic hydroxyl groups excluding tert-OH is 1. The fourth-order valence-corrected chi connectivity index (χ4v) is 5.33. The van der Waals surface area contributed by atoms with E-state index in [1.54, 1.807) is 0 Å². The summed E-state index contributed by atoms with van der Waals surface area (Å²) in [6, 6.07) is 0. The fourth-order valence-electron chi connectivity index (χ4n) is 5.33. The van der Waals surface area contributed by atoms with Crippen LogP contribution in [0.3, 0.4) is 0 Å². The first-order chi connectivity index (χ1) is 23.6. The van der Waals surface area contributed by atoms with Gasteiger partial charge in [-0.05, 0) is 64.2 Å². The van der Waals surface area contributed by atoms with Crippen LogP contribution < -0.4 is 0 Å². The van der Waals surface area contributed by atoms with Crippen LogP contribution in [0.1, 0.15) is 181 Å². The largest absolute Gasteiger partial charge is 0.462 e. The van der Waals surface area contributed by atoms with Crippen molar-refractivity contribution in [3.8, 4) is 0 Å². The van der Waals surface area contributed by atoms with E-state index in [2.05, 4.69) is 68.5 Å². The number of unbranched alkanes of at least 4 members (excludes halogenated alkanes) is 17. The number of esters is 2. The first-order valence-electron chi connectivity index (χ1n) is 19.8. The zero-order valence-electron chi connectivity index (χ0n) is 31.2. The number of hydrogen-bond donors (Lipinski definition) is 1. The molecule has 0 rings (SSSR count). The Morgan fingerprint density at radius 3 is 1.44 bits per heavy atom. The number of aliphatic hydroxyl groups is 1. The summed E-state index contributed by atoms with van der Waals surface area (Å²) in [7, 11) is 0. The highest BCUT2D eigenvalue weighted by atomic mass is 16.6. The van der Waals surface area contributed by atoms with E-state index in [-0.39, 0.29) is 31.6 Å². The summed E-state index contributed by atoms with van der Waals surface area (Å²) in [5.74, 6) is -0.675. The number of hydrogen-bond acceptors (Lipinski definition) is 5. The van der Waals surface area contributed by atoms with Gasteiger partial charge in [0.1, 0.15) is 6.61 Å². The van der Waals surface area contributed by atoms with Crippen molar-refractivity contribution in [3.63, 3.8) is 0 Å². The second-order valence-electron chi connectivity index (χ2n) is 13.0. The van der Waals surface area contributed by atoms with Gasteiger partial charge >= 0.3 is 11.9 Å². The third-order valence-electron chi connectivity index (χ3n) is 8.31. The van der Waals surface area contributed by atoms with Crippen LogP contribution in [0.4, 0.5) is 0 Å². The second kappa shape index (κ2) is 39.0. The number of carbonyl (C=O) groups is 2. The average molecular weight is 671 g/mol. The Balaban J connectivity index is 3.60. The molecule has 0 aromatic heterocycles. The lowest BCUT2D eigenvalue weighted by Crippen LogP contribution is -2.28. The van der Waals surface area contributed by atoms with Crippen molar-refractivity contribution < 1.29 is 24.2 Å². The molecule has 0 aliphatic carbocycles. The van der Waals surface area contributed by atoms with Gasteiger partial charge in [0.15, 0.2) is 6.10 Å².